The predicted octanol–water partition coefficient (Wildman–Crippen LogP) is 0.469. The largest absolute Gasteiger partial charge is 1.00 e. The average molecular weight is 897 g/mol. The van der Waals surface area contributed by atoms with Gasteiger partial charge < -0.3 is 38.5 Å². The van der Waals surface area contributed by atoms with Crippen LogP contribution < -0.4 is 73.3 Å². The maximum atomic E-state index is 12.3. The van der Waals surface area contributed by atoms with E-state index in [4.69, 9.17) is 18.9 Å². The molecule has 0 saturated carbocycles. The van der Waals surface area contributed by atoms with Gasteiger partial charge in [-0.15, -0.1) is 0 Å². The van der Waals surface area contributed by atoms with E-state index >= 15 is 0 Å². The topological polar surface area (TPSA) is 285 Å². The van der Waals surface area contributed by atoms with Gasteiger partial charge >= 0.3 is 47.9 Å². The van der Waals surface area contributed by atoms with Crippen LogP contribution in [-0.4, -0.2) is 113 Å². The van der Waals surface area contributed by atoms with Gasteiger partial charge in [0.05, 0.1) is 40.6 Å². The van der Waals surface area contributed by atoms with Crippen LogP contribution in [0, 0.1) is 0 Å². The van der Waals surface area contributed by atoms with E-state index in [9.17, 15) is 52.8 Å². The molecule has 4 aromatic heterocycles. The van der Waals surface area contributed by atoms with Crippen LogP contribution in [0.5, 0.6) is 35.0 Å². The summed E-state index contributed by atoms with van der Waals surface area (Å²) in [7, 11) is -4.36. The minimum atomic E-state index is -4.82. The van der Waals surface area contributed by atoms with Crippen LogP contribution in [0.1, 0.15) is 0 Å². The number of halogens is 6. The Morgan fingerprint density at radius 3 is 1.46 bits per heavy atom. The van der Waals surface area contributed by atoms with Gasteiger partial charge in [0.25, 0.3) is 10.0 Å². The van der Waals surface area contributed by atoms with E-state index in [1.165, 1.54) is 46.6 Å². The zero-order chi connectivity index (χ0) is 43.3. The van der Waals surface area contributed by atoms with E-state index in [1.807, 2.05) is 10.6 Å². The maximum absolute atomic E-state index is 12.3. The summed E-state index contributed by atoms with van der Waals surface area (Å²) in [5.41, 5.74) is 0. The van der Waals surface area contributed by atoms with Crippen LogP contribution in [0.25, 0.3) is 4.72 Å². The molecule has 0 spiro atoms. The predicted molar refractivity (Wildman–Crippen MR) is 181 cm³/mol. The molecule has 0 aromatic carbocycles. The second-order valence-electron chi connectivity index (χ2n) is 10.0. The fourth-order valence-corrected chi connectivity index (χ4v) is 5.50. The minimum Gasteiger partial charge on any atom is -0.481 e. The minimum absolute atomic E-state index is 0. The van der Waals surface area contributed by atoms with Crippen molar-refractivity contribution < 1.29 is 111 Å². The number of carbonyl (C=O) groups excluding carboxylic acids is 2. The molecule has 22 nitrogen and oxygen atoms in total. The summed E-state index contributed by atoms with van der Waals surface area (Å²) >= 11 is 0. The summed E-state index contributed by atoms with van der Waals surface area (Å²) in [6.45, 7) is -3.50. The Balaban J connectivity index is 0.000000400. The van der Waals surface area contributed by atoms with Crippen molar-refractivity contribution in [2.75, 3.05) is 52.3 Å². The van der Waals surface area contributed by atoms with Gasteiger partial charge in [0.2, 0.25) is 44.5 Å². The summed E-state index contributed by atoms with van der Waals surface area (Å²) in [5.74, 6) is -2.12. The van der Waals surface area contributed by atoms with E-state index in [2.05, 4.69) is 44.1 Å². The summed E-state index contributed by atoms with van der Waals surface area (Å²) in [4.78, 5) is 45.9. The first-order valence-electron chi connectivity index (χ1n) is 14.9. The molecule has 0 aliphatic rings. The fraction of sp³-hybridized carbons (Fsp3) is 0.286. The monoisotopic (exact) mass is 896 g/mol. The molecule has 4 amide bonds. The van der Waals surface area contributed by atoms with Crippen molar-refractivity contribution in [1.29, 1.82) is 0 Å². The molecule has 4 rings (SSSR count). The van der Waals surface area contributed by atoms with Crippen molar-refractivity contribution in [2.24, 2.45) is 0 Å². The summed E-state index contributed by atoms with van der Waals surface area (Å²) in [6.07, 6.45) is -7.43. The standard InChI is InChI=1S/2C14H14F3N5O6S.Na/c2*1-26-9-6-10(27-2)20-12(19-9)21-13(23)22-29(24,25)11-8(4-3-5-18-11)28-7-14(15,16)17;/h2*3-6H,7H2,1-2H3,(H2,19,20,21,22,23);/q;;+1/p-1. The molecular weight excluding hydrogens is 869 g/mol. The molecule has 0 radical (unpaired) electrons. The number of hydrogen-bond acceptors (Lipinski definition) is 18. The van der Waals surface area contributed by atoms with Gasteiger partial charge in [0, 0.05) is 12.4 Å². The molecule has 31 heteroatoms. The molecule has 0 aliphatic carbocycles. The van der Waals surface area contributed by atoms with Gasteiger partial charge in [-0.05, 0) is 24.3 Å². The first-order chi connectivity index (χ1) is 27.1. The van der Waals surface area contributed by atoms with Crippen molar-refractivity contribution in [3.63, 3.8) is 0 Å². The number of anilines is 2. The number of nitrogens with one attached hydrogen (secondary N) is 3. The molecule has 4 aromatic rings. The molecule has 0 atom stereocenters. The van der Waals surface area contributed by atoms with Gasteiger partial charge in [-0.25, -0.2) is 27.9 Å². The number of ether oxygens (including phenoxy) is 6. The van der Waals surface area contributed by atoms with Crippen LogP contribution in [0.15, 0.2) is 58.8 Å². The first-order valence-corrected chi connectivity index (χ1v) is 17.9. The van der Waals surface area contributed by atoms with E-state index in [0.717, 1.165) is 30.6 Å². The quantitative estimate of drug-likeness (QED) is 0.115. The Hall–Kier alpha value is -5.72. The number of amides is 4. The number of hydrogen-bond donors (Lipinski definition) is 3. The molecule has 0 fully saturated rings. The third-order valence-electron chi connectivity index (χ3n) is 5.82. The van der Waals surface area contributed by atoms with Crippen LogP contribution in [0.4, 0.5) is 47.8 Å². The van der Waals surface area contributed by atoms with Crippen molar-refractivity contribution >= 4 is 44.0 Å². The SMILES string of the molecule is COc1cc(OC)nc(NC(=O)NS(=O)(=O)c2ncccc2OCC(F)(F)F)n1.COc1cc(OC)nc(NC(=O)[N-]S(=O)(=O)c2ncccc2OCC(F)(F)F)n1.[Na+]. The second kappa shape index (κ2) is 21.3. The van der Waals surface area contributed by atoms with Crippen LogP contribution >= 0.6 is 0 Å². The van der Waals surface area contributed by atoms with Gasteiger partial charge in [-0.1, -0.05) is 0 Å². The Kier molecular flexibility index (Phi) is 17.9. The number of alkyl halides is 6. The number of carbonyl (C=O) groups is 2. The van der Waals surface area contributed by atoms with E-state index in [-0.39, 0.29) is 65.0 Å². The number of nitrogens with zero attached hydrogens (tertiary/aromatic N) is 7. The average Bonchev–Trinajstić information content (AvgIpc) is 3.15. The van der Waals surface area contributed by atoms with Crippen LogP contribution in [-0.2, 0) is 20.0 Å². The Morgan fingerprint density at radius 1 is 0.661 bits per heavy atom. The Morgan fingerprint density at radius 2 is 1.05 bits per heavy atom. The molecule has 0 unspecified atom stereocenters. The summed E-state index contributed by atoms with van der Waals surface area (Å²) in [5, 5.41) is 2.13. The molecule has 316 valence electrons. The van der Waals surface area contributed by atoms with Gasteiger partial charge in [0.1, 0.15) is 0 Å². The van der Waals surface area contributed by atoms with E-state index in [1.54, 1.807) is 4.72 Å². The number of pyridine rings is 2. The van der Waals surface area contributed by atoms with E-state index in [0.29, 0.717) is 0 Å². The third-order valence-corrected chi connectivity index (χ3v) is 8.29. The van der Waals surface area contributed by atoms with Gasteiger partial charge in [-0.3, -0.25) is 10.1 Å². The molecule has 0 aliphatic heterocycles. The zero-order valence-electron chi connectivity index (χ0n) is 30.6. The summed E-state index contributed by atoms with van der Waals surface area (Å²) in [6, 6.07) is 4.07. The zero-order valence-corrected chi connectivity index (χ0v) is 34.3. The first kappa shape index (κ1) is 49.4. The maximum Gasteiger partial charge on any atom is 1.00 e. The van der Waals surface area contributed by atoms with Crippen LogP contribution in [0.2, 0.25) is 0 Å². The van der Waals surface area contributed by atoms with Crippen molar-refractivity contribution in [1.82, 2.24) is 34.6 Å². The Labute approximate surface area is 351 Å². The number of urea groups is 2. The van der Waals surface area contributed by atoms with Crippen molar-refractivity contribution in [3.8, 4) is 35.0 Å². The normalized spacial score (nSPS) is 11.3. The molecule has 0 bridgehead atoms. The Bertz CT molecular complexity index is 2090. The van der Waals surface area contributed by atoms with Crippen molar-refractivity contribution in [3.05, 3.63) is 53.5 Å². The fourth-order valence-electron chi connectivity index (χ4n) is 3.59. The molecule has 59 heavy (non-hydrogen) atoms. The number of rotatable bonds is 14. The summed E-state index contributed by atoms with van der Waals surface area (Å²) < 4.78 is 156. The molecule has 3 N–H and O–H groups in total. The molecule has 0 saturated heterocycles. The van der Waals surface area contributed by atoms with Gasteiger partial charge in [0.15, 0.2) is 41.7 Å². The third kappa shape index (κ3) is 16.2. The molecule has 4 heterocycles. The number of aromatic nitrogens is 6. The smallest absolute Gasteiger partial charge is 0.481 e. The molecular formula is C28H27F6N10NaO12S2. The number of methoxy groups -OCH3 is 4. The second-order valence-corrected chi connectivity index (χ2v) is 13.1. The van der Waals surface area contributed by atoms with E-state index < -0.39 is 79.2 Å². The van der Waals surface area contributed by atoms with Crippen LogP contribution in [0.3, 0.4) is 0 Å². The van der Waals surface area contributed by atoms with Crippen molar-refractivity contribution in [2.45, 2.75) is 22.4 Å². The van der Waals surface area contributed by atoms with Gasteiger partial charge in [-0.2, -0.15) is 54.7 Å². The number of sulfonamides is 2.